The summed E-state index contributed by atoms with van der Waals surface area (Å²) < 4.78 is 3.55. The molecular weight excluding hydrogens is 334 g/mol. The average Bonchev–Trinajstić information content (AvgIpc) is 3.27. The Hall–Kier alpha value is -2.32. The monoisotopic (exact) mass is 353 g/mol. The number of fused-ring (bicyclic) bond motifs is 2. The Morgan fingerprint density at radius 1 is 1.12 bits per heavy atom. The highest BCUT2D eigenvalue weighted by Crippen LogP contribution is 2.34. The molecule has 0 amide bonds. The number of hydrogen-bond donors (Lipinski definition) is 1. The van der Waals surface area contributed by atoms with E-state index in [-0.39, 0.29) is 0 Å². The van der Waals surface area contributed by atoms with Gasteiger partial charge in [0.1, 0.15) is 4.83 Å². The Morgan fingerprint density at radius 3 is 2.76 bits per heavy atom. The van der Waals surface area contributed by atoms with Crippen molar-refractivity contribution in [3.63, 3.8) is 0 Å². The first-order valence-corrected chi connectivity index (χ1v) is 9.40. The van der Waals surface area contributed by atoms with Crippen molar-refractivity contribution in [2.75, 3.05) is 13.1 Å². The van der Waals surface area contributed by atoms with Gasteiger partial charge in [0.15, 0.2) is 5.65 Å². The first kappa shape index (κ1) is 15.0. The Kier molecular flexibility index (Phi) is 3.36. The molecule has 0 aliphatic carbocycles. The third-order valence-electron chi connectivity index (χ3n) is 4.76. The third-order valence-corrected chi connectivity index (χ3v) is 5.96. The minimum Gasteiger partial charge on any atom is -0.317 e. The van der Waals surface area contributed by atoms with E-state index in [0.717, 1.165) is 35.0 Å². The van der Waals surface area contributed by atoms with Crippen molar-refractivity contribution in [2.24, 2.45) is 0 Å². The molecule has 1 aliphatic heterocycles. The van der Waals surface area contributed by atoms with Crippen LogP contribution in [0.3, 0.4) is 0 Å². The van der Waals surface area contributed by atoms with Crippen LogP contribution in [0.25, 0.3) is 21.8 Å². The summed E-state index contributed by atoms with van der Waals surface area (Å²) in [6.45, 7) is 6.13. The number of aryl methyl sites for hydroxylation is 2. The maximum Gasteiger partial charge on any atom is 0.270 e. The second kappa shape index (κ2) is 5.60. The van der Waals surface area contributed by atoms with Crippen LogP contribution in [-0.4, -0.2) is 42.5 Å². The molecule has 0 spiro atoms. The minimum atomic E-state index is 0.585. The second-order valence-corrected chi connectivity index (χ2v) is 7.72. The molecule has 128 valence electrons. The normalized spacial score (nSPS) is 16.2. The molecule has 0 saturated carbocycles. The summed E-state index contributed by atoms with van der Waals surface area (Å²) in [7, 11) is 0. The molecule has 0 unspecified atom stereocenters. The second-order valence-electron chi connectivity index (χ2n) is 6.65. The van der Waals surface area contributed by atoms with Gasteiger partial charge in [-0.2, -0.15) is 10.1 Å². The van der Waals surface area contributed by atoms with Crippen molar-refractivity contribution in [1.82, 2.24) is 34.7 Å². The van der Waals surface area contributed by atoms with Gasteiger partial charge in [-0.05, 0) is 51.8 Å². The van der Waals surface area contributed by atoms with Gasteiger partial charge in [-0.15, -0.1) is 16.4 Å². The van der Waals surface area contributed by atoms with Crippen LogP contribution >= 0.6 is 11.3 Å². The van der Waals surface area contributed by atoms with E-state index in [0.29, 0.717) is 11.9 Å². The summed E-state index contributed by atoms with van der Waals surface area (Å²) in [5.74, 6) is 1.25. The number of nitrogens with one attached hydrogen (secondary N) is 1. The Labute approximate surface area is 148 Å². The number of piperidine rings is 1. The molecule has 1 aliphatic rings. The molecule has 4 aromatic rings. The van der Waals surface area contributed by atoms with Crippen molar-refractivity contribution in [3.05, 3.63) is 34.7 Å². The quantitative estimate of drug-likeness (QED) is 0.600. The SMILES string of the molecule is Cc1cn2nc(-n3cc4cc(C5CCNCC5)sc4n3)nc2c(C)n1. The highest BCUT2D eigenvalue weighted by Gasteiger charge is 2.19. The van der Waals surface area contributed by atoms with Crippen molar-refractivity contribution in [1.29, 1.82) is 0 Å². The zero-order valence-electron chi connectivity index (χ0n) is 14.2. The summed E-state index contributed by atoms with van der Waals surface area (Å²) in [6, 6.07) is 2.28. The van der Waals surface area contributed by atoms with Crippen LogP contribution < -0.4 is 5.32 Å². The van der Waals surface area contributed by atoms with E-state index in [1.54, 1.807) is 20.5 Å². The van der Waals surface area contributed by atoms with Gasteiger partial charge in [-0.3, -0.25) is 4.98 Å². The fraction of sp³-hybridized carbons (Fsp3) is 0.412. The number of thiophene rings is 1. The van der Waals surface area contributed by atoms with Gasteiger partial charge in [0.25, 0.3) is 5.95 Å². The molecule has 1 N–H and O–H groups in total. The smallest absolute Gasteiger partial charge is 0.270 e. The molecule has 8 heteroatoms. The number of hydrogen-bond acceptors (Lipinski definition) is 6. The lowest BCUT2D eigenvalue weighted by atomic mass is 9.96. The molecule has 0 aromatic carbocycles. The van der Waals surface area contributed by atoms with Gasteiger partial charge in [0.05, 0.1) is 17.6 Å². The van der Waals surface area contributed by atoms with Crippen LogP contribution in [0.4, 0.5) is 0 Å². The fourth-order valence-electron chi connectivity index (χ4n) is 3.52. The van der Waals surface area contributed by atoms with Crippen molar-refractivity contribution >= 4 is 27.2 Å². The van der Waals surface area contributed by atoms with E-state index in [4.69, 9.17) is 5.10 Å². The summed E-state index contributed by atoms with van der Waals surface area (Å²) in [5, 5.41) is 13.9. The standard InChI is InChI=1S/C17H19N7S/c1-10-8-23-15(11(2)19-10)20-17(22-23)24-9-13-7-14(25-16(13)21-24)12-3-5-18-6-4-12/h7-9,12,18H,3-6H2,1-2H3. The topological polar surface area (TPSA) is 72.9 Å². The van der Waals surface area contributed by atoms with Crippen LogP contribution in [0.15, 0.2) is 18.5 Å². The Balaban J connectivity index is 1.52. The lowest BCUT2D eigenvalue weighted by Crippen LogP contribution is -2.26. The van der Waals surface area contributed by atoms with E-state index in [1.165, 1.54) is 23.1 Å². The fourth-order valence-corrected chi connectivity index (χ4v) is 4.69. The number of nitrogens with zero attached hydrogens (tertiary/aromatic N) is 6. The number of aromatic nitrogens is 6. The van der Waals surface area contributed by atoms with Gasteiger partial charge in [-0.1, -0.05) is 0 Å². The van der Waals surface area contributed by atoms with Gasteiger partial charge in [0.2, 0.25) is 0 Å². The molecule has 5 heterocycles. The molecule has 25 heavy (non-hydrogen) atoms. The lowest BCUT2D eigenvalue weighted by Gasteiger charge is -2.21. The van der Waals surface area contributed by atoms with Crippen molar-refractivity contribution in [3.8, 4) is 5.95 Å². The molecule has 0 bridgehead atoms. The first-order valence-electron chi connectivity index (χ1n) is 8.58. The highest BCUT2D eigenvalue weighted by atomic mass is 32.1. The van der Waals surface area contributed by atoms with E-state index >= 15 is 0 Å². The van der Waals surface area contributed by atoms with Crippen molar-refractivity contribution in [2.45, 2.75) is 32.6 Å². The maximum absolute atomic E-state index is 4.71. The minimum absolute atomic E-state index is 0.585. The zero-order chi connectivity index (χ0) is 17.0. The highest BCUT2D eigenvalue weighted by molar-refractivity contribution is 7.18. The first-order chi connectivity index (χ1) is 12.2. The molecule has 7 nitrogen and oxygen atoms in total. The van der Waals surface area contributed by atoms with Gasteiger partial charge >= 0.3 is 0 Å². The predicted octanol–water partition coefficient (Wildman–Crippen LogP) is 2.61. The molecule has 5 rings (SSSR count). The average molecular weight is 353 g/mol. The van der Waals surface area contributed by atoms with E-state index in [1.807, 2.05) is 26.2 Å². The predicted molar refractivity (Wildman–Crippen MR) is 97.6 cm³/mol. The summed E-state index contributed by atoms with van der Waals surface area (Å²) in [4.78, 5) is 11.5. The molecule has 0 atom stereocenters. The molecule has 0 radical (unpaired) electrons. The maximum atomic E-state index is 4.71. The van der Waals surface area contributed by atoms with Gasteiger partial charge in [0, 0.05) is 16.5 Å². The molecular formula is C17H19N7S. The van der Waals surface area contributed by atoms with Crippen LogP contribution in [-0.2, 0) is 0 Å². The summed E-state index contributed by atoms with van der Waals surface area (Å²) in [6.07, 6.45) is 6.34. The molecule has 4 aromatic heterocycles. The zero-order valence-corrected chi connectivity index (χ0v) is 15.0. The Bertz CT molecular complexity index is 1040. The van der Waals surface area contributed by atoms with Crippen molar-refractivity contribution < 1.29 is 0 Å². The van der Waals surface area contributed by atoms with Gasteiger partial charge < -0.3 is 5.32 Å². The van der Waals surface area contributed by atoms with E-state index in [9.17, 15) is 0 Å². The molecule has 1 saturated heterocycles. The molecule has 1 fully saturated rings. The van der Waals surface area contributed by atoms with Crippen LogP contribution in [0.5, 0.6) is 0 Å². The summed E-state index contributed by atoms with van der Waals surface area (Å²) in [5.41, 5.74) is 2.57. The van der Waals surface area contributed by atoms with Crippen LogP contribution in [0.2, 0.25) is 0 Å². The van der Waals surface area contributed by atoms with Crippen LogP contribution in [0, 0.1) is 13.8 Å². The lowest BCUT2D eigenvalue weighted by molar-refractivity contribution is 0.465. The largest absolute Gasteiger partial charge is 0.317 e. The van der Waals surface area contributed by atoms with Gasteiger partial charge in [-0.25, -0.2) is 9.20 Å². The van der Waals surface area contributed by atoms with E-state index in [2.05, 4.69) is 26.4 Å². The van der Waals surface area contributed by atoms with E-state index < -0.39 is 0 Å². The van der Waals surface area contributed by atoms with Crippen LogP contribution in [0.1, 0.15) is 35.0 Å². The third kappa shape index (κ3) is 2.52. The summed E-state index contributed by atoms with van der Waals surface area (Å²) >= 11 is 1.80. The number of rotatable bonds is 2. The Morgan fingerprint density at radius 2 is 1.96 bits per heavy atom.